The van der Waals surface area contributed by atoms with E-state index in [0.29, 0.717) is 0 Å². The van der Waals surface area contributed by atoms with Crippen molar-refractivity contribution in [2.75, 3.05) is 11.9 Å². The molecule has 0 fully saturated rings. The van der Waals surface area contributed by atoms with Gasteiger partial charge in [0, 0.05) is 24.1 Å². The van der Waals surface area contributed by atoms with Crippen LogP contribution < -0.4 is 5.32 Å². The Labute approximate surface area is 130 Å². The molecule has 3 rings (SSSR count). The zero-order valence-electron chi connectivity index (χ0n) is 12.7. The van der Waals surface area contributed by atoms with Crippen molar-refractivity contribution < 1.29 is 5.11 Å². The quantitative estimate of drug-likeness (QED) is 0.832. The number of aliphatic hydroxyl groups excluding tert-OH is 1. The standard InChI is InChI=1S/C18H21N3O/c1-2-14-11-17(19-16-9-8-13(10-16)12-22)20-21-18(14)15-6-4-3-5-7-15/h3-9,11,13,16,22H,2,10,12H2,1H3,(H,19,20)/t13-,16+/m0/s1. The molecule has 1 aromatic heterocycles. The Kier molecular flexibility index (Phi) is 4.49. The van der Waals surface area contributed by atoms with Gasteiger partial charge in [-0.25, -0.2) is 0 Å². The minimum absolute atomic E-state index is 0.202. The summed E-state index contributed by atoms with van der Waals surface area (Å²) in [5.41, 5.74) is 3.23. The molecule has 2 aromatic rings. The van der Waals surface area contributed by atoms with Crippen molar-refractivity contribution in [3.63, 3.8) is 0 Å². The molecule has 0 saturated heterocycles. The van der Waals surface area contributed by atoms with Gasteiger partial charge in [0.1, 0.15) is 5.82 Å². The van der Waals surface area contributed by atoms with E-state index in [1.54, 1.807) is 0 Å². The summed E-state index contributed by atoms with van der Waals surface area (Å²) in [6.45, 7) is 2.33. The summed E-state index contributed by atoms with van der Waals surface area (Å²) >= 11 is 0. The third kappa shape index (κ3) is 3.17. The van der Waals surface area contributed by atoms with Gasteiger partial charge in [0.15, 0.2) is 0 Å². The van der Waals surface area contributed by atoms with Crippen LogP contribution in [0.4, 0.5) is 5.82 Å². The van der Waals surface area contributed by atoms with E-state index < -0.39 is 0 Å². The van der Waals surface area contributed by atoms with Crippen LogP contribution in [0, 0.1) is 5.92 Å². The number of aryl methyl sites for hydroxylation is 1. The largest absolute Gasteiger partial charge is 0.396 e. The first-order valence-electron chi connectivity index (χ1n) is 7.78. The molecule has 0 saturated carbocycles. The Morgan fingerprint density at radius 1 is 1.18 bits per heavy atom. The second kappa shape index (κ2) is 6.71. The number of hydrogen-bond donors (Lipinski definition) is 2. The first-order valence-corrected chi connectivity index (χ1v) is 7.78. The number of aromatic nitrogens is 2. The number of rotatable bonds is 5. The van der Waals surface area contributed by atoms with Gasteiger partial charge in [0.25, 0.3) is 0 Å². The fraction of sp³-hybridized carbons (Fsp3) is 0.333. The van der Waals surface area contributed by atoms with E-state index in [1.165, 1.54) is 5.56 Å². The first kappa shape index (κ1) is 14.7. The van der Waals surface area contributed by atoms with Gasteiger partial charge in [-0.05, 0) is 24.5 Å². The molecule has 4 nitrogen and oxygen atoms in total. The van der Waals surface area contributed by atoms with Crippen LogP contribution in [0.15, 0.2) is 48.6 Å². The average Bonchev–Trinajstić information content (AvgIpc) is 3.03. The van der Waals surface area contributed by atoms with Crippen molar-refractivity contribution in [1.29, 1.82) is 0 Å². The molecular formula is C18H21N3O. The van der Waals surface area contributed by atoms with E-state index >= 15 is 0 Å². The van der Waals surface area contributed by atoms with E-state index in [4.69, 9.17) is 0 Å². The van der Waals surface area contributed by atoms with E-state index in [0.717, 1.165) is 29.9 Å². The van der Waals surface area contributed by atoms with Gasteiger partial charge in [0.2, 0.25) is 0 Å². The highest BCUT2D eigenvalue weighted by Crippen LogP contribution is 2.25. The maximum absolute atomic E-state index is 9.19. The van der Waals surface area contributed by atoms with Crippen molar-refractivity contribution in [1.82, 2.24) is 10.2 Å². The molecule has 1 aliphatic carbocycles. The Bertz CT molecular complexity index is 655. The molecule has 1 aromatic carbocycles. The lowest BCUT2D eigenvalue weighted by molar-refractivity contribution is 0.250. The van der Waals surface area contributed by atoms with E-state index in [-0.39, 0.29) is 18.6 Å². The topological polar surface area (TPSA) is 58.0 Å². The molecule has 0 unspecified atom stereocenters. The van der Waals surface area contributed by atoms with E-state index in [9.17, 15) is 5.11 Å². The molecular weight excluding hydrogens is 274 g/mol. The molecule has 114 valence electrons. The normalized spacial score (nSPS) is 20.3. The zero-order chi connectivity index (χ0) is 15.4. The smallest absolute Gasteiger partial charge is 0.149 e. The lowest BCUT2D eigenvalue weighted by atomic mass is 10.0. The first-order chi connectivity index (χ1) is 10.8. The Morgan fingerprint density at radius 3 is 2.68 bits per heavy atom. The maximum Gasteiger partial charge on any atom is 0.149 e. The van der Waals surface area contributed by atoms with Crippen LogP contribution in [-0.2, 0) is 6.42 Å². The molecule has 4 heteroatoms. The van der Waals surface area contributed by atoms with Crippen LogP contribution in [0.3, 0.4) is 0 Å². The molecule has 0 amide bonds. The highest BCUT2D eigenvalue weighted by atomic mass is 16.3. The molecule has 0 aliphatic heterocycles. The number of nitrogens with one attached hydrogen (secondary N) is 1. The minimum atomic E-state index is 0.202. The highest BCUT2D eigenvalue weighted by Gasteiger charge is 2.18. The highest BCUT2D eigenvalue weighted by molar-refractivity contribution is 5.64. The lowest BCUT2D eigenvalue weighted by Crippen LogP contribution is -2.18. The van der Waals surface area contributed by atoms with Crippen LogP contribution in [0.1, 0.15) is 18.9 Å². The second-order valence-corrected chi connectivity index (χ2v) is 5.64. The van der Waals surface area contributed by atoms with Gasteiger partial charge >= 0.3 is 0 Å². The van der Waals surface area contributed by atoms with Crippen molar-refractivity contribution in [2.45, 2.75) is 25.8 Å². The Morgan fingerprint density at radius 2 is 2.00 bits per heavy atom. The van der Waals surface area contributed by atoms with Crippen LogP contribution in [0.2, 0.25) is 0 Å². The van der Waals surface area contributed by atoms with Gasteiger partial charge in [-0.2, -0.15) is 0 Å². The zero-order valence-corrected chi connectivity index (χ0v) is 12.7. The van der Waals surface area contributed by atoms with E-state index in [2.05, 4.69) is 52.8 Å². The van der Waals surface area contributed by atoms with Gasteiger partial charge in [-0.3, -0.25) is 0 Å². The number of aliphatic hydroxyl groups is 1. The fourth-order valence-electron chi connectivity index (χ4n) is 2.82. The summed E-state index contributed by atoms with van der Waals surface area (Å²) in [4.78, 5) is 0. The van der Waals surface area contributed by atoms with Crippen molar-refractivity contribution >= 4 is 5.82 Å². The molecule has 1 heterocycles. The third-order valence-electron chi connectivity index (χ3n) is 4.04. The predicted molar refractivity (Wildman–Crippen MR) is 88.6 cm³/mol. The monoisotopic (exact) mass is 295 g/mol. The fourth-order valence-corrected chi connectivity index (χ4v) is 2.82. The van der Waals surface area contributed by atoms with E-state index in [1.807, 2.05) is 18.2 Å². The summed E-state index contributed by atoms with van der Waals surface area (Å²) in [6.07, 6.45) is 5.97. The summed E-state index contributed by atoms with van der Waals surface area (Å²) in [5.74, 6) is 1.05. The Hall–Kier alpha value is -2.20. The lowest BCUT2D eigenvalue weighted by Gasteiger charge is -2.14. The van der Waals surface area contributed by atoms with Gasteiger partial charge in [-0.15, -0.1) is 10.2 Å². The van der Waals surface area contributed by atoms with Gasteiger partial charge in [0.05, 0.1) is 5.69 Å². The molecule has 2 N–H and O–H groups in total. The molecule has 22 heavy (non-hydrogen) atoms. The minimum Gasteiger partial charge on any atom is -0.396 e. The summed E-state index contributed by atoms with van der Waals surface area (Å²) in [7, 11) is 0. The van der Waals surface area contributed by atoms with Gasteiger partial charge < -0.3 is 10.4 Å². The van der Waals surface area contributed by atoms with Crippen molar-refractivity contribution in [3.8, 4) is 11.3 Å². The van der Waals surface area contributed by atoms with Gasteiger partial charge in [-0.1, -0.05) is 49.4 Å². The van der Waals surface area contributed by atoms with Crippen LogP contribution in [0.5, 0.6) is 0 Å². The third-order valence-corrected chi connectivity index (χ3v) is 4.04. The van der Waals surface area contributed by atoms with Crippen LogP contribution in [-0.4, -0.2) is 28.0 Å². The molecule has 0 radical (unpaired) electrons. The maximum atomic E-state index is 9.19. The van der Waals surface area contributed by atoms with Crippen LogP contribution >= 0.6 is 0 Å². The Balaban J connectivity index is 1.79. The predicted octanol–water partition coefficient (Wildman–Crippen LogP) is 3.05. The summed E-state index contributed by atoms with van der Waals surface area (Å²) < 4.78 is 0. The molecule has 1 aliphatic rings. The molecule has 0 bridgehead atoms. The summed E-state index contributed by atoms with van der Waals surface area (Å²) in [6, 6.07) is 12.4. The number of anilines is 1. The molecule has 2 atom stereocenters. The van der Waals surface area contributed by atoms with Crippen molar-refractivity contribution in [2.24, 2.45) is 5.92 Å². The number of nitrogens with zero attached hydrogens (tertiary/aromatic N) is 2. The van der Waals surface area contributed by atoms with Crippen molar-refractivity contribution in [3.05, 3.63) is 54.1 Å². The summed E-state index contributed by atoms with van der Waals surface area (Å²) in [5, 5.41) is 21.3. The number of benzene rings is 1. The average molecular weight is 295 g/mol. The van der Waals surface area contributed by atoms with Crippen LogP contribution in [0.25, 0.3) is 11.3 Å². The number of hydrogen-bond acceptors (Lipinski definition) is 4. The SMILES string of the molecule is CCc1cc(N[C@@H]2C=C[C@H](CO)C2)nnc1-c1ccccc1. The molecule has 0 spiro atoms. The second-order valence-electron chi connectivity index (χ2n) is 5.64.